The van der Waals surface area contributed by atoms with Gasteiger partial charge in [0.25, 0.3) is 0 Å². The minimum absolute atomic E-state index is 0.0926. The molecule has 0 spiro atoms. The van der Waals surface area contributed by atoms with Crippen LogP contribution in [-0.2, 0) is 16.0 Å². The smallest absolute Gasteiger partial charge is 0.218 e. The van der Waals surface area contributed by atoms with E-state index in [2.05, 4.69) is 10.3 Å². The summed E-state index contributed by atoms with van der Waals surface area (Å²) in [6, 6.07) is 3.65. The Kier molecular flexibility index (Phi) is 9.22. The lowest BCUT2D eigenvalue weighted by Gasteiger charge is -2.02. The van der Waals surface area contributed by atoms with Gasteiger partial charge < -0.3 is 13.9 Å². The first-order valence-electron chi connectivity index (χ1n) is 7.11. The van der Waals surface area contributed by atoms with Crippen molar-refractivity contribution in [3.63, 3.8) is 0 Å². The maximum Gasteiger partial charge on any atom is 0.218 e. The summed E-state index contributed by atoms with van der Waals surface area (Å²) in [5, 5.41) is 7.28. The number of ketones is 1. The zero-order valence-electron chi connectivity index (χ0n) is 14.8. The third kappa shape index (κ3) is 10.9. The molecule has 23 heavy (non-hydrogen) atoms. The number of rotatable bonds is 2. The van der Waals surface area contributed by atoms with E-state index in [4.69, 9.17) is 9.05 Å². The number of carbonyl (C=O) groups excluding carboxylic acids is 2. The number of aromatic nitrogens is 2. The highest BCUT2D eigenvalue weighted by atomic mass is 16.5. The van der Waals surface area contributed by atoms with Crippen molar-refractivity contribution in [3.8, 4) is 0 Å². The fraction of sp³-hybridized carbons (Fsp3) is 0.500. The van der Waals surface area contributed by atoms with Gasteiger partial charge in [-0.25, -0.2) is 0 Å². The molecule has 0 aliphatic heterocycles. The number of Topliss-reactive ketones (excluding diaryl/α,β-unsaturated/α-hetero) is 1. The van der Waals surface area contributed by atoms with Crippen LogP contribution in [0.3, 0.4) is 0 Å². The van der Waals surface area contributed by atoms with Gasteiger partial charge in [0.1, 0.15) is 17.3 Å². The summed E-state index contributed by atoms with van der Waals surface area (Å²) in [5.74, 6) is 1.70. The molecule has 2 heterocycles. The fourth-order valence-corrected chi connectivity index (χ4v) is 1.24. The van der Waals surface area contributed by atoms with Crippen LogP contribution in [0.25, 0.3) is 0 Å². The lowest BCUT2D eigenvalue weighted by Crippen LogP contribution is -2.17. The van der Waals surface area contributed by atoms with Crippen LogP contribution in [-0.4, -0.2) is 41.0 Å². The Balaban J connectivity index is 0.000000330. The van der Waals surface area contributed by atoms with E-state index in [0.29, 0.717) is 12.2 Å². The third-order valence-electron chi connectivity index (χ3n) is 2.48. The highest BCUT2D eigenvalue weighted by Crippen LogP contribution is 2.02. The number of carbonyl (C=O) groups is 2. The molecule has 0 aromatic carbocycles. The summed E-state index contributed by atoms with van der Waals surface area (Å²) in [6.45, 7) is 8.65. The van der Waals surface area contributed by atoms with Gasteiger partial charge in [-0.05, 0) is 27.7 Å². The number of amides is 1. The number of hydrogen-bond donors (Lipinski definition) is 0. The Labute approximate surface area is 136 Å². The molecule has 2 aromatic heterocycles. The first-order valence-corrected chi connectivity index (χ1v) is 7.11. The molecule has 0 saturated carbocycles. The Hall–Kier alpha value is -2.44. The molecule has 2 rings (SSSR count). The second-order valence-corrected chi connectivity index (χ2v) is 5.31. The number of aryl methyl sites for hydroxylation is 3. The summed E-state index contributed by atoms with van der Waals surface area (Å²) in [6.07, 6.45) is 0.348. The summed E-state index contributed by atoms with van der Waals surface area (Å²) in [7, 11) is 3.45. The number of hydrogen-bond acceptors (Lipinski definition) is 6. The molecule has 0 atom stereocenters. The van der Waals surface area contributed by atoms with Gasteiger partial charge in [-0.1, -0.05) is 10.3 Å². The van der Waals surface area contributed by atoms with Crippen molar-refractivity contribution in [2.75, 3.05) is 14.1 Å². The standard InChI is InChI=1S/C7H9NO2.C5H7NO.C4H9NO/c1-5-3-7(10-8-5)4-6(2)9;1-4-3-5(2)7-6-4;1-4(6)5(2)3/h3H,4H2,1-2H3;3H,1-2H3;1-3H3. The molecule has 7 nitrogen and oxygen atoms in total. The van der Waals surface area contributed by atoms with Gasteiger partial charge >= 0.3 is 0 Å². The van der Waals surface area contributed by atoms with E-state index in [9.17, 15) is 9.59 Å². The first kappa shape index (κ1) is 20.6. The highest BCUT2D eigenvalue weighted by Gasteiger charge is 2.02. The highest BCUT2D eigenvalue weighted by molar-refractivity contribution is 5.77. The molecule has 0 bridgehead atoms. The molecule has 7 heteroatoms. The fourth-order valence-electron chi connectivity index (χ4n) is 1.24. The average molecular weight is 323 g/mol. The lowest BCUT2D eigenvalue weighted by atomic mass is 10.2. The zero-order chi connectivity index (χ0) is 18.0. The van der Waals surface area contributed by atoms with Crippen LogP contribution in [0.2, 0.25) is 0 Å². The molecule has 0 N–H and O–H groups in total. The van der Waals surface area contributed by atoms with Gasteiger partial charge in [-0.2, -0.15) is 0 Å². The molecule has 0 unspecified atom stereocenters. The minimum atomic E-state index is 0.0926. The molecule has 128 valence electrons. The lowest BCUT2D eigenvalue weighted by molar-refractivity contribution is -0.126. The summed E-state index contributed by atoms with van der Waals surface area (Å²) < 4.78 is 9.52. The van der Waals surface area contributed by atoms with Gasteiger partial charge in [-0.3, -0.25) is 9.59 Å². The van der Waals surface area contributed by atoms with E-state index in [1.54, 1.807) is 20.2 Å². The zero-order valence-corrected chi connectivity index (χ0v) is 14.8. The van der Waals surface area contributed by atoms with Crippen molar-refractivity contribution >= 4 is 11.7 Å². The van der Waals surface area contributed by atoms with Crippen molar-refractivity contribution in [2.45, 2.75) is 41.0 Å². The monoisotopic (exact) mass is 323 g/mol. The third-order valence-corrected chi connectivity index (χ3v) is 2.48. The van der Waals surface area contributed by atoms with Gasteiger partial charge in [0.05, 0.1) is 17.8 Å². The molecular weight excluding hydrogens is 298 g/mol. The van der Waals surface area contributed by atoms with Gasteiger partial charge in [-0.15, -0.1) is 0 Å². The van der Waals surface area contributed by atoms with E-state index in [1.165, 1.54) is 18.7 Å². The summed E-state index contributed by atoms with van der Waals surface area (Å²) >= 11 is 0. The Morgan fingerprint density at radius 3 is 1.70 bits per heavy atom. The van der Waals surface area contributed by atoms with E-state index in [1.807, 2.05) is 26.8 Å². The van der Waals surface area contributed by atoms with Crippen molar-refractivity contribution in [2.24, 2.45) is 0 Å². The topological polar surface area (TPSA) is 89.4 Å². The summed E-state index contributed by atoms with van der Waals surface area (Å²) in [5.41, 5.74) is 1.76. The second kappa shape index (κ2) is 10.3. The maximum atomic E-state index is 10.5. The SMILES string of the molecule is CC(=O)Cc1cc(C)no1.CC(=O)N(C)C.Cc1cc(C)on1. The van der Waals surface area contributed by atoms with Crippen LogP contribution in [0.1, 0.15) is 36.8 Å². The van der Waals surface area contributed by atoms with Gasteiger partial charge in [0.15, 0.2) is 0 Å². The Morgan fingerprint density at radius 2 is 1.48 bits per heavy atom. The quantitative estimate of drug-likeness (QED) is 0.843. The molecule has 0 aliphatic carbocycles. The molecule has 0 radical (unpaired) electrons. The summed E-state index contributed by atoms with van der Waals surface area (Å²) in [4.78, 5) is 22.1. The molecular formula is C16H25N3O4. The van der Waals surface area contributed by atoms with Crippen LogP contribution in [0.15, 0.2) is 21.2 Å². The van der Waals surface area contributed by atoms with E-state index in [-0.39, 0.29) is 11.7 Å². The average Bonchev–Trinajstić information content (AvgIpc) is 2.98. The first-order chi connectivity index (χ1) is 10.6. The Morgan fingerprint density at radius 1 is 1.00 bits per heavy atom. The van der Waals surface area contributed by atoms with Crippen LogP contribution >= 0.6 is 0 Å². The molecule has 0 fully saturated rings. The largest absolute Gasteiger partial charge is 0.361 e. The molecule has 0 aliphatic rings. The predicted octanol–water partition coefficient (Wildman–Crippen LogP) is 2.50. The second-order valence-electron chi connectivity index (χ2n) is 5.31. The minimum Gasteiger partial charge on any atom is -0.361 e. The Bertz CT molecular complexity index is 598. The van der Waals surface area contributed by atoms with Crippen molar-refractivity contribution in [1.82, 2.24) is 15.2 Å². The van der Waals surface area contributed by atoms with E-state index < -0.39 is 0 Å². The molecule has 1 amide bonds. The van der Waals surface area contributed by atoms with Crippen LogP contribution in [0, 0.1) is 20.8 Å². The van der Waals surface area contributed by atoms with Gasteiger partial charge in [0, 0.05) is 33.2 Å². The molecule has 0 saturated heterocycles. The van der Waals surface area contributed by atoms with Crippen LogP contribution in [0.5, 0.6) is 0 Å². The van der Waals surface area contributed by atoms with Crippen molar-refractivity contribution < 1.29 is 18.6 Å². The predicted molar refractivity (Wildman–Crippen MR) is 86.0 cm³/mol. The number of nitrogens with zero attached hydrogens (tertiary/aromatic N) is 3. The van der Waals surface area contributed by atoms with Gasteiger partial charge in [0.2, 0.25) is 5.91 Å². The van der Waals surface area contributed by atoms with Crippen LogP contribution in [0.4, 0.5) is 0 Å². The van der Waals surface area contributed by atoms with Crippen LogP contribution < -0.4 is 0 Å². The van der Waals surface area contributed by atoms with E-state index >= 15 is 0 Å². The maximum absolute atomic E-state index is 10.5. The van der Waals surface area contributed by atoms with Crippen molar-refractivity contribution in [3.05, 3.63) is 35.0 Å². The normalized spacial score (nSPS) is 9.17. The van der Waals surface area contributed by atoms with Crippen molar-refractivity contribution in [1.29, 1.82) is 0 Å². The molecule has 2 aromatic rings. The van der Waals surface area contributed by atoms with E-state index in [0.717, 1.165) is 17.1 Å².